The van der Waals surface area contributed by atoms with Crippen molar-refractivity contribution in [3.63, 3.8) is 0 Å². The predicted octanol–water partition coefficient (Wildman–Crippen LogP) is -1.49. The highest BCUT2D eigenvalue weighted by atomic mass is 15.4. The summed E-state index contributed by atoms with van der Waals surface area (Å²) in [6, 6.07) is 4.56. The molecule has 0 heterocycles. The Hall–Kier alpha value is -2.14. The zero-order valence-corrected chi connectivity index (χ0v) is 16.1. The number of rotatable bonds is 5. The van der Waals surface area contributed by atoms with E-state index in [1.165, 1.54) is 49.7 Å². The third-order valence-electron chi connectivity index (χ3n) is 7.31. The Balaban J connectivity index is 1.38. The molecule has 0 aromatic heterocycles. The third kappa shape index (κ3) is 1.95. The number of hydrogen-bond donors (Lipinski definition) is 8. The van der Waals surface area contributed by atoms with Crippen LogP contribution in [0, 0.1) is 0 Å². The molecule has 2 aromatic rings. The van der Waals surface area contributed by atoms with Crippen LogP contribution in [0.15, 0.2) is 23.8 Å². The molecule has 0 fully saturated rings. The standard InChI is InChI=1S/C21H26N8/c22-19(23,20(24,25)26)21(27,28)29-7-10-3-9-5-12(10)18-14-4-8-1-2-11(14)17-13(8)6-15(17)16(9)18/h1-3,29H,4-7,22-28H2. The van der Waals surface area contributed by atoms with Gasteiger partial charge in [0.05, 0.1) is 0 Å². The number of benzene rings is 2. The maximum absolute atomic E-state index is 6.14. The van der Waals surface area contributed by atoms with Crippen LogP contribution < -0.4 is 45.5 Å². The fraction of sp³-hybridized carbons (Fsp3) is 0.333. The summed E-state index contributed by atoms with van der Waals surface area (Å²) >= 11 is 0. The van der Waals surface area contributed by atoms with Crippen LogP contribution in [-0.2, 0) is 12.8 Å². The van der Waals surface area contributed by atoms with Crippen molar-refractivity contribution in [2.45, 2.75) is 36.5 Å². The Morgan fingerprint density at radius 2 is 1.59 bits per heavy atom. The van der Waals surface area contributed by atoms with E-state index in [2.05, 4.69) is 23.5 Å². The van der Waals surface area contributed by atoms with E-state index in [4.69, 9.17) is 40.1 Å². The number of nitrogens with one attached hydrogen (secondary N) is 1. The SMILES string of the molecule is NC(N)(N)C(N)(N)C(N)(N)NCC1=C2CC(=C1)c1c2c2c3ccc(c4c3c1C4)C2. The number of allylic oxidation sites excluding steroid dienone is 2. The second kappa shape index (κ2) is 4.94. The normalized spacial score (nSPS) is 18.8. The highest BCUT2D eigenvalue weighted by Crippen LogP contribution is 2.58. The molecular formula is C21H26N8. The summed E-state index contributed by atoms with van der Waals surface area (Å²) in [4.78, 5) is 0. The lowest BCUT2D eigenvalue weighted by atomic mass is 9.69. The average molecular weight is 390 g/mol. The molecule has 0 saturated carbocycles. The van der Waals surface area contributed by atoms with Crippen LogP contribution >= 0.6 is 0 Å². The average Bonchev–Trinajstić information content (AvgIpc) is 3.16. The second-order valence-corrected chi connectivity index (χ2v) is 9.06. The van der Waals surface area contributed by atoms with Gasteiger partial charge in [-0.15, -0.1) is 0 Å². The monoisotopic (exact) mass is 390 g/mol. The van der Waals surface area contributed by atoms with Crippen molar-refractivity contribution in [3.8, 4) is 0 Å². The molecule has 5 aliphatic rings. The van der Waals surface area contributed by atoms with Gasteiger partial charge in [-0.3, -0.25) is 34.0 Å². The molecule has 8 nitrogen and oxygen atoms in total. The minimum absolute atomic E-state index is 0.396. The van der Waals surface area contributed by atoms with Crippen LogP contribution in [-0.4, -0.2) is 23.8 Å². The van der Waals surface area contributed by atoms with E-state index in [0.29, 0.717) is 6.54 Å². The third-order valence-corrected chi connectivity index (χ3v) is 7.31. The lowest BCUT2D eigenvalue weighted by Gasteiger charge is -2.47. The van der Waals surface area contributed by atoms with Crippen molar-refractivity contribution in [1.82, 2.24) is 5.32 Å². The summed E-state index contributed by atoms with van der Waals surface area (Å²) in [6.07, 6.45) is 5.28. The topological polar surface area (TPSA) is 194 Å². The summed E-state index contributed by atoms with van der Waals surface area (Å²) in [5.74, 6) is -3.72. The summed E-state index contributed by atoms with van der Waals surface area (Å²) in [5.41, 5.74) is 52.1. The van der Waals surface area contributed by atoms with Crippen molar-refractivity contribution >= 4 is 21.9 Å². The molecule has 0 saturated heterocycles. The summed E-state index contributed by atoms with van der Waals surface area (Å²) in [6.45, 7) is 0.396. The molecule has 6 bridgehead atoms. The van der Waals surface area contributed by atoms with E-state index < -0.39 is 17.2 Å². The van der Waals surface area contributed by atoms with Gasteiger partial charge in [-0.2, -0.15) is 0 Å². The van der Waals surface area contributed by atoms with E-state index in [-0.39, 0.29) is 0 Å². The molecule has 15 N–H and O–H groups in total. The highest BCUT2D eigenvalue weighted by Gasteiger charge is 2.51. The van der Waals surface area contributed by atoms with Gasteiger partial charge in [0.2, 0.25) is 0 Å². The van der Waals surface area contributed by atoms with Gasteiger partial charge in [0, 0.05) is 6.54 Å². The zero-order valence-electron chi connectivity index (χ0n) is 16.1. The molecule has 2 aromatic carbocycles. The van der Waals surface area contributed by atoms with E-state index in [1.807, 2.05) is 0 Å². The molecule has 0 spiro atoms. The predicted molar refractivity (Wildman–Crippen MR) is 115 cm³/mol. The fourth-order valence-electron chi connectivity index (χ4n) is 5.49. The van der Waals surface area contributed by atoms with Crippen LogP contribution in [0.4, 0.5) is 0 Å². The highest BCUT2D eigenvalue weighted by molar-refractivity contribution is 6.12. The Labute approximate surface area is 168 Å². The van der Waals surface area contributed by atoms with Gasteiger partial charge in [0.1, 0.15) is 0 Å². The zero-order chi connectivity index (χ0) is 20.5. The molecule has 150 valence electrons. The van der Waals surface area contributed by atoms with Gasteiger partial charge in [0.15, 0.2) is 17.2 Å². The molecule has 5 aliphatic carbocycles. The van der Waals surface area contributed by atoms with Crippen molar-refractivity contribution in [3.05, 3.63) is 57.2 Å². The molecule has 0 atom stereocenters. The van der Waals surface area contributed by atoms with Crippen LogP contribution in [0.3, 0.4) is 0 Å². The molecule has 8 heteroatoms. The summed E-state index contributed by atoms with van der Waals surface area (Å²) in [7, 11) is 0. The van der Waals surface area contributed by atoms with E-state index >= 15 is 0 Å². The lowest BCUT2D eigenvalue weighted by Crippen LogP contribution is -2.95. The Morgan fingerprint density at radius 3 is 2.31 bits per heavy atom. The number of hydrogen-bond acceptors (Lipinski definition) is 8. The quantitative estimate of drug-likeness (QED) is 0.189. The minimum Gasteiger partial charge on any atom is -0.306 e. The molecule has 0 radical (unpaired) electrons. The van der Waals surface area contributed by atoms with E-state index in [0.717, 1.165) is 24.8 Å². The van der Waals surface area contributed by atoms with Crippen LogP contribution in [0.25, 0.3) is 21.9 Å². The van der Waals surface area contributed by atoms with Gasteiger partial charge >= 0.3 is 0 Å². The molecule has 0 aliphatic heterocycles. The maximum atomic E-state index is 6.14. The molecule has 0 amide bonds. The summed E-state index contributed by atoms with van der Waals surface area (Å²) in [5, 5.41) is 5.94. The first-order valence-electron chi connectivity index (χ1n) is 9.84. The summed E-state index contributed by atoms with van der Waals surface area (Å²) < 4.78 is 0. The van der Waals surface area contributed by atoms with E-state index in [1.54, 1.807) is 5.56 Å². The van der Waals surface area contributed by atoms with E-state index in [9.17, 15) is 0 Å². The Morgan fingerprint density at radius 1 is 0.828 bits per heavy atom. The fourth-order valence-corrected chi connectivity index (χ4v) is 5.49. The Bertz CT molecular complexity index is 1210. The first kappa shape index (κ1) is 17.7. The van der Waals surface area contributed by atoms with Crippen molar-refractivity contribution in [1.29, 1.82) is 0 Å². The number of fused-ring (bicyclic) bond motifs is 7. The van der Waals surface area contributed by atoms with Gasteiger partial charge < -0.3 is 11.5 Å². The van der Waals surface area contributed by atoms with Crippen LogP contribution in [0.1, 0.15) is 39.8 Å². The first-order chi connectivity index (χ1) is 13.5. The first-order valence-corrected chi connectivity index (χ1v) is 9.84. The Kier molecular flexibility index (Phi) is 3.02. The van der Waals surface area contributed by atoms with Crippen molar-refractivity contribution in [2.75, 3.05) is 6.54 Å². The van der Waals surface area contributed by atoms with Gasteiger partial charge in [-0.1, -0.05) is 18.2 Å². The molecule has 0 unspecified atom stereocenters. The van der Waals surface area contributed by atoms with Gasteiger partial charge in [-0.05, 0) is 80.1 Å². The van der Waals surface area contributed by atoms with Gasteiger partial charge in [-0.25, -0.2) is 0 Å². The van der Waals surface area contributed by atoms with Crippen LogP contribution in [0.5, 0.6) is 0 Å². The lowest BCUT2D eigenvalue weighted by molar-refractivity contribution is 0.0990. The molecule has 7 rings (SSSR count). The van der Waals surface area contributed by atoms with Crippen molar-refractivity contribution in [2.24, 2.45) is 40.1 Å². The minimum atomic E-state index is -1.95. The largest absolute Gasteiger partial charge is 0.306 e. The number of nitrogens with two attached hydrogens (primary N) is 7. The van der Waals surface area contributed by atoms with Gasteiger partial charge in [0.25, 0.3) is 0 Å². The maximum Gasteiger partial charge on any atom is 0.156 e. The second-order valence-electron chi connectivity index (χ2n) is 9.06. The molecular weight excluding hydrogens is 364 g/mol. The van der Waals surface area contributed by atoms with Crippen LogP contribution in [0.2, 0.25) is 0 Å². The van der Waals surface area contributed by atoms with Crippen molar-refractivity contribution < 1.29 is 0 Å². The molecule has 29 heavy (non-hydrogen) atoms. The smallest absolute Gasteiger partial charge is 0.156 e.